The minimum Gasteiger partial charge on any atom is -0.493 e. The van der Waals surface area contributed by atoms with E-state index in [-0.39, 0.29) is 29.6 Å². The molecule has 1 aliphatic heterocycles. The van der Waals surface area contributed by atoms with Crippen molar-refractivity contribution in [1.29, 1.82) is 0 Å². The minimum absolute atomic E-state index is 0.0122. The quantitative estimate of drug-likeness (QED) is 0.221. The van der Waals surface area contributed by atoms with Gasteiger partial charge in [-0.2, -0.15) is 0 Å². The fraction of sp³-hybridized carbons (Fsp3) is 0.733. The second-order valence-electron chi connectivity index (χ2n) is 11.5. The number of methoxy groups -OCH3 is 1. The molecule has 0 saturated carbocycles. The predicted octanol–water partition coefficient (Wildman–Crippen LogP) is 2.81. The van der Waals surface area contributed by atoms with Crippen LogP contribution in [-0.4, -0.2) is 86.5 Å². The molecular weight excluding hydrogens is 496 g/mol. The monoisotopic (exact) mass is 548 g/mol. The topological polar surface area (TPSA) is 126 Å². The summed E-state index contributed by atoms with van der Waals surface area (Å²) in [5.74, 6) is 0.309. The lowest BCUT2D eigenvalue weighted by atomic mass is 9.86. The van der Waals surface area contributed by atoms with Crippen LogP contribution < -0.4 is 21.1 Å². The van der Waals surface area contributed by atoms with Crippen LogP contribution in [-0.2, 0) is 9.53 Å². The molecule has 1 fully saturated rings. The number of piperidine rings is 1. The van der Waals surface area contributed by atoms with E-state index >= 15 is 0 Å². The van der Waals surface area contributed by atoms with E-state index in [1.807, 2.05) is 26.0 Å². The average Bonchev–Trinajstić information content (AvgIpc) is 2.92. The van der Waals surface area contributed by atoms with Gasteiger partial charge in [0.1, 0.15) is 5.75 Å². The molecule has 1 aromatic rings. The second-order valence-corrected chi connectivity index (χ2v) is 11.5. The zero-order chi connectivity index (χ0) is 28.8. The van der Waals surface area contributed by atoms with Crippen LogP contribution in [0.1, 0.15) is 70.2 Å². The molecule has 2 amide bonds. The van der Waals surface area contributed by atoms with E-state index < -0.39 is 18.2 Å². The molecule has 9 nitrogen and oxygen atoms in total. The van der Waals surface area contributed by atoms with Crippen molar-refractivity contribution in [3.05, 3.63) is 29.8 Å². The normalized spacial score (nSPS) is 17.5. The van der Waals surface area contributed by atoms with Gasteiger partial charge >= 0.3 is 0 Å². The van der Waals surface area contributed by atoms with E-state index in [9.17, 15) is 14.7 Å². The maximum Gasteiger partial charge on any atom is 0.255 e. The van der Waals surface area contributed by atoms with E-state index in [0.717, 1.165) is 32.4 Å². The minimum atomic E-state index is -0.732. The summed E-state index contributed by atoms with van der Waals surface area (Å²) in [5, 5.41) is 17.4. The number of carbonyl (C=O) groups is 2. The number of nitrogens with two attached hydrogens (primary N) is 1. The largest absolute Gasteiger partial charge is 0.493 e. The Balaban J connectivity index is 2.09. The number of benzene rings is 1. The first-order valence-electron chi connectivity index (χ1n) is 14.6. The van der Waals surface area contributed by atoms with Gasteiger partial charge in [-0.25, -0.2) is 0 Å². The van der Waals surface area contributed by atoms with Gasteiger partial charge in [0.2, 0.25) is 5.91 Å². The summed E-state index contributed by atoms with van der Waals surface area (Å²) >= 11 is 0. The van der Waals surface area contributed by atoms with Crippen molar-refractivity contribution < 1.29 is 24.2 Å². The first-order chi connectivity index (χ1) is 18.6. The zero-order valence-corrected chi connectivity index (χ0v) is 24.7. The van der Waals surface area contributed by atoms with Crippen molar-refractivity contribution in [2.45, 2.75) is 78.0 Å². The molecule has 5 N–H and O–H groups in total. The van der Waals surface area contributed by atoms with Gasteiger partial charge in [0, 0.05) is 33.2 Å². The van der Waals surface area contributed by atoms with Crippen LogP contribution in [0.2, 0.25) is 0 Å². The summed E-state index contributed by atoms with van der Waals surface area (Å²) in [6, 6.07) is 6.10. The molecule has 1 aromatic carbocycles. The Labute approximate surface area is 235 Å². The Morgan fingerprint density at radius 1 is 1.05 bits per heavy atom. The zero-order valence-electron chi connectivity index (χ0n) is 24.7. The molecule has 0 aromatic heterocycles. The number of aliphatic hydroxyl groups is 1. The first kappa shape index (κ1) is 33.0. The number of likely N-dealkylation sites (tertiary alicyclic amines) is 1. The molecule has 1 saturated heterocycles. The molecule has 2 rings (SSSR count). The summed E-state index contributed by atoms with van der Waals surface area (Å²) < 4.78 is 10.9. The Morgan fingerprint density at radius 2 is 1.74 bits per heavy atom. The van der Waals surface area contributed by atoms with Crippen molar-refractivity contribution in [3.63, 3.8) is 0 Å². The van der Waals surface area contributed by atoms with E-state index in [2.05, 4.69) is 29.4 Å². The van der Waals surface area contributed by atoms with E-state index in [4.69, 9.17) is 15.2 Å². The van der Waals surface area contributed by atoms with Crippen LogP contribution in [0.25, 0.3) is 0 Å². The third-order valence-electron chi connectivity index (χ3n) is 7.61. The Hall–Kier alpha value is -2.20. The van der Waals surface area contributed by atoms with Gasteiger partial charge in [0.05, 0.1) is 30.4 Å². The third-order valence-corrected chi connectivity index (χ3v) is 7.61. The van der Waals surface area contributed by atoms with Gasteiger partial charge in [-0.3, -0.25) is 9.59 Å². The molecule has 1 unspecified atom stereocenters. The second kappa shape index (κ2) is 17.5. The summed E-state index contributed by atoms with van der Waals surface area (Å²) in [5.41, 5.74) is 6.61. The number of amides is 2. The lowest BCUT2D eigenvalue weighted by Crippen LogP contribution is -2.55. The number of ether oxygens (including phenoxy) is 2. The van der Waals surface area contributed by atoms with Gasteiger partial charge < -0.3 is 35.8 Å². The number of hydrogen-bond donors (Lipinski definition) is 4. The van der Waals surface area contributed by atoms with Gasteiger partial charge in [0.15, 0.2) is 0 Å². The van der Waals surface area contributed by atoms with Crippen LogP contribution >= 0.6 is 0 Å². The highest BCUT2D eigenvalue weighted by Gasteiger charge is 2.30. The SMILES string of the molecule is COCCCOc1ccccc1C(=O)NC[C@@H](C[C@H](NC(=O)C(N)C(C)C)[C@@H](O)CN1CCCCC1)C(C)C. The maximum absolute atomic E-state index is 13.1. The van der Waals surface area contributed by atoms with Crippen LogP contribution in [0.15, 0.2) is 24.3 Å². The molecule has 0 radical (unpaired) electrons. The lowest BCUT2D eigenvalue weighted by Gasteiger charge is -2.35. The van der Waals surface area contributed by atoms with E-state index in [1.54, 1.807) is 19.2 Å². The van der Waals surface area contributed by atoms with Crippen molar-refractivity contribution in [1.82, 2.24) is 15.5 Å². The Bertz CT molecular complexity index is 860. The van der Waals surface area contributed by atoms with Crippen molar-refractivity contribution >= 4 is 11.8 Å². The Morgan fingerprint density at radius 3 is 2.38 bits per heavy atom. The third kappa shape index (κ3) is 11.4. The summed E-state index contributed by atoms with van der Waals surface area (Å²) in [4.78, 5) is 28.3. The van der Waals surface area contributed by atoms with Gasteiger partial charge in [-0.1, -0.05) is 46.2 Å². The number of nitrogens with zero attached hydrogens (tertiary/aromatic N) is 1. The van der Waals surface area contributed by atoms with Crippen LogP contribution in [0.4, 0.5) is 0 Å². The molecule has 9 heteroatoms. The summed E-state index contributed by atoms with van der Waals surface area (Å²) in [7, 11) is 1.65. The molecular formula is C30H52N4O5. The summed E-state index contributed by atoms with van der Waals surface area (Å²) in [6.07, 6.45) is 3.99. The number of rotatable bonds is 17. The smallest absolute Gasteiger partial charge is 0.255 e. The molecule has 1 aliphatic rings. The maximum atomic E-state index is 13.1. The molecule has 0 aliphatic carbocycles. The number of para-hydroxylation sites is 1. The number of hydrogen-bond acceptors (Lipinski definition) is 7. The fourth-order valence-electron chi connectivity index (χ4n) is 4.83. The van der Waals surface area contributed by atoms with Gasteiger partial charge in [-0.05, 0) is 62.2 Å². The van der Waals surface area contributed by atoms with Crippen LogP contribution in [0, 0.1) is 17.8 Å². The number of nitrogens with one attached hydrogen (secondary N) is 2. The van der Waals surface area contributed by atoms with E-state index in [0.29, 0.717) is 44.0 Å². The number of β-amino-alcohol motifs (C(OH)–C–C–N with tert-alkyl or cyclic N) is 1. The Kier molecular flexibility index (Phi) is 14.8. The molecule has 39 heavy (non-hydrogen) atoms. The van der Waals surface area contributed by atoms with Gasteiger partial charge in [-0.15, -0.1) is 0 Å². The predicted molar refractivity (Wildman–Crippen MR) is 155 cm³/mol. The molecule has 0 spiro atoms. The van der Waals surface area contributed by atoms with Crippen LogP contribution in [0.5, 0.6) is 5.75 Å². The number of carbonyl (C=O) groups excluding carboxylic acids is 2. The molecule has 1 heterocycles. The van der Waals surface area contributed by atoms with Crippen molar-refractivity contribution in [2.24, 2.45) is 23.5 Å². The highest BCUT2D eigenvalue weighted by Crippen LogP contribution is 2.22. The molecule has 0 bridgehead atoms. The number of aliphatic hydroxyl groups excluding tert-OH is 1. The van der Waals surface area contributed by atoms with E-state index in [1.165, 1.54) is 6.42 Å². The van der Waals surface area contributed by atoms with Crippen LogP contribution in [0.3, 0.4) is 0 Å². The average molecular weight is 549 g/mol. The van der Waals surface area contributed by atoms with Crippen molar-refractivity contribution in [3.8, 4) is 5.75 Å². The lowest BCUT2D eigenvalue weighted by molar-refractivity contribution is -0.125. The molecule has 4 atom stereocenters. The summed E-state index contributed by atoms with van der Waals surface area (Å²) in [6.45, 7) is 11.9. The van der Waals surface area contributed by atoms with Gasteiger partial charge in [0.25, 0.3) is 5.91 Å². The fourth-order valence-corrected chi connectivity index (χ4v) is 4.83. The standard InChI is InChI=1S/C30H52N4O5/c1-21(2)23(19-32-29(36)24-12-7-8-13-27(24)39-17-11-16-38-5)18-25(33-30(37)28(31)22(3)4)26(35)20-34-14-9-6-10-15-34/h7-8,12-13,21-23,25-26,28,35H,6,9-11,14-20,31H2,1-5H3,(H,32,36)(H,33,37)/t23-,25+,26+,28?/m1/s1. The highest BCUT2D eigenvalue weighted by atomic mass is 16.5. The highest BCUT2D eigenvalue weighted by molar-refractivity contribution is 5.96. The first-order valence-corrected chi connectivity index (χ1v) is 14.6. The molecule has 222 valence electrons. The van der Waals surface area contributed by atoms with Crippen molar-refractivity contribution in [2.75, 3.05) is 46.5 Å².